The molecular weight excluding hydrogens is 843 g/mol. The zero-order chi connectivity index (χ0) is 46.7. The Labute approximate surface area is 412 Å². The van der Waals surface area contributed by atoms with Crippen molar-refractivity contribution in [2.45, 2.75) is 18.3 Å². The molecule has 0 aromatic heterocycles. The first-order valence-corrected chi connectivity index (χ1v) is 24.4. The molecule has 0 spiro atoms. The standard InChI is InChI=1S/C69H51N/c1-6-20-50(21-7-1)46-56-26-16-17-31-63(56)64-44-42-61(48-57(64)47-51-22-8-2-9-23-51)70(60-40-38-55(39-41-60)54-36-34-53(35-37-54)52-24-10-3-11-25-52)62-43-45-66-65-32-18-19-33-67(65)69(68(66)49-62,58-27-12-4-13-28-58)59-29-14-5-15-30-59/h1-45,48-49H,46-47H2. The van der Waals surface area contributed by atoms with Crippen LogP contribution in [0.15, 0.2) is 285 Å². The average Bonchev–Trinajstić information content (AvgIpc) is 3.73. The molecule has 0 atom stereocenters. The van der Waals surface area contributed by atoms with E-state index in [1.54, 1.807) is 0 Å². The highest BCUT2D eigenvalue weighted by Gasteiger charge is 2.46. The summed E-state index contributed by atoms with van der Waals surface area (Å²) in [6.07, 6.45) is 1.65. The molecule has 0 bridgehead atoms. The van der Waals surface area contributed by atoms with Gasteiger partial charge in [-0.05, 0) is 138 Å². The number of hydrogen-bond donors (Lipinski definition) is 0. The minimum absolute atomic E-state index is 0.531. The molecule has 0 N–H and O–H groups in total. The molecule has 12 rings (SSSR count). The van der Waals surface area contributed by atoms with Gasteiger partial charge in [0.1, 0.15) is 0 Å². The van der Waals surface area contributed by atoms with Gasteiger partial charge in [0.2, 0.25) is 0 Å². The monoisotopic (exact) mass is 893 g/mol. The van der Waals surface area contributed by atoms with E-state index in [1.165, 1.54) is 89.0 Å². The summed E-state index contributed by atoms with van der Waals surface area (Å²) in [7, 11) is 0. The summed E-state index contributed by atoms with van der Waals surface area (Å²) < 4.78 is 0. The Kier molecular flexibility index (Phi) is 11.4. The van der Waals surface area contributed by atoms with Crippen molar-refractivity contribution in [3.8, 4) is 44.5 Å². The molecule has 0 radical (unpaired) electrons. The van der Waals surface area contributed by atoms with Crippen LogP contribution in [0.4, 0.5) is 17.1 Å². The molecule has 70 heavy (non-hydrogen) atoms. The Morgan fingerprint density at radius 3 is 1.23 bits per heavy atom. The Hall–Kier alpha value is -8.78. The molecule has 0 heterocycles. The Bertz CT molecular complexity index is 3510. The molecule has 0 unspecified atom stereocenters. The lowest BCUT2D eigenvalue weighted by Gasteiger charge is -2.35. The van der Waals surface area contributed by atoms with Gasteiger partial charge in [-0.3, -0.25) is 0 Å². The zero-order valence-electron chi connectivity index (χ0n) is 39.0. The molecule has 0 aliphatic heterocycles. The van der Waals surface area contributed by atoms with E-state index in [0.29, 0.717) is 0 Å². The molecule has 1 aliphatic rings. The van der Waals surface area contributed by atoms with Gasteiger partial charge in [-0.1, -0.05) is 249 Å². The number of hydrogen-bond acceptors (Lipinski definition) is 1. The lowest BCUT2D eigenvalue weighted by molar-refractivity contribution is 0.768. The van der Waals surface area contributed by atoms with Crippen LogP contribution in [0.5, 0.6) is 0 Å². The smallest absolute Gasteiger partial charge is 0.0714 e. The summed E-state index contributed by atoms with van der Waals surface area (Å²) in [5.74, 6) is 0. The van der Waals surface area contributed by atoms with E-state index >= 15 is 0 Å². The molecule has 11 aromatic rings. The lowest BCUT2D eigenvalue weighted by atomic mass is 9.67. The largest absolute Gasteiger partial charge is 0.310 e. The predicted molar refractivity (Wildman–Crippen MR) is 293 cm³/mol. The molecular formula is C69H51N. The van der Waals surface area contributed by atoms with Crippen LogP contribution in [0.2, 0.25) is 0 Å². The van der Waals surface area contributed by atoms with Gasteiger partial charge in [-0.25, -0.2) is 0 Å². The molecule has 0 amide bonds. The third kappa shape index (κ3) is 7.92. The molecule has 0 fully saturated rings. The van der Waals surface area contributed by atoms with Gasteiger partial charge in [0, 0.05) is 17.1 Å². The topological polar surface area (TPSA) is 3.24 Å². The van der Waals surface area contributed by atoms with E-state index in [9.17, 15) is 0 Å². The van der Waals surface area contributed by atoms with Crippen molar-refractivity contribution < 1.29 is 0 Å². The maximum atomic E-state index is 2.48. The summed E-state index contributed by atoms with van der Waals surface area (Å²) in [6.45, 7) is 0. The second kappa shape index (κ2) is 18.7. The molecule has 11 aromatic carbocycles. The zero-order valence-corrected chi connectivity index (χ0v) is 39.0. The molecule has 1 heteroatoms. The second-order valence-corrected chi connectivity index (χ2v) is 18.4. The van der Waals surface area contributed by atoms with E-state index < -0.39 is 5.41 Å². The Morgan fingerprint density at radius 1 is 0.257 bits per heavy atom. The minimum atomic E-state index is -0.531. The molecule has 332 valence electrons. The molecule has 1 aliphatic carbocycles. The normalized spacial score (nSPS) is 12.2. The number of rotatable bonds is 12. The number of fused-ring (bicyclic) bond motifs is 3. The summed E-state index contributed by atoms with van der Waals surface area (Å²) in [6, 6.07) is 105. The number of nitrogens with zero attached hydrogens (tertiary/aromatic N) is 1. The van der Waals surface area contributed by atoms with Crippen LogP contribution in [-0.2, 0) is 18.3 Å². The highest BCUT2D eigenvalue weighted by molar-refractivity contribution is 5.90. The summed E-state index contributed by atoms with van der Waals surface area (Å²) in [4.78, 5) is 2.47. The summed E-state index contributed by atoms with van der Waals surface area (Å²) >= 11 is 0. The average molecular weight is 894 g/mol. The third-order valence-corrected chi connectivity index (χ3v) is 14.3. The van der Waals surface area contributed by atoms with Crippen LogP contribution in [0.25, 0.3) is 44.5 Å². The van der Waals surface area contributed by atoms with Gasteiger partial charge in [0.05, 0.1) is 5.41 Å². The van der Waals surface area contributed by atoms with Crippen LogP contribution in [0.3, 0.4) is 0 Å². The van der Waals surface area contributed by atoms with Crippen molar-refractivity contribution in [1.29, 1.82) is 0 Å². The quantitative estimate of drug-likeness (QED) is 0.118. The SMILES string of the molecule is c1ccc(Cc2ccccc2-c2ccc(N(c3ccc(-c4ccc(-c5ccccc5)cc4)cc3)c3ccc4c(c3)C(c3ccccc3)(c3ccccc3)c3ccccc3-4)cc2Cc2ccccc2)cc1. The van der Waals surface area contributed by atoms with Crippen molar-refractivity contribution in [2.24, 2.45) is 0 Å². The predicted octanol–water partition coefficient (Wildman–Crippen LogP) is 17.7. The number of benzene rings is 11. The first-order valence-electron chi connectivity index (χ1n) is 24.4. The first-order chi connectivity index (χ1) is 34.7. The van der Waals surface area contributed by atoms with Crippen molar-refractivity contribution >= 4 is 17.1 Å². The van der Waals surface area contributed by atoms with E-state index in [2.05, 4.69) is 290 Å². The van der Waals surface area contributed by atoms with Gasteiger partial charge < -0.3 is 4.90 Å². The van der Waals surface area contributed by atoms with Crippen molar-refractivity contribution in [2.75, 3.05) is 4.90 Å². The van der Waals surface area contributed by atoms with Gasteiger partial charge >= 0.3 is 0 Å². The molecule has 1 nitrogen and oxygen atoms in total. The summed E-state index contributed by atoms with van der Waals surface area (Å²) in [5, 5.41) is 0. The van der Waals surface area contributed by atoms with Crippen LogP contribution < -0.4 is 4.90 Å². The molecule has 0 saturated heterocycles. The fourth-order valence-corrected chi connectivity index (χ4v) is 11.0. The maximum Gasteiger partial charge on any atom is 0.0714 e. The van der Waals surface area contributed by atoms with Crippen molar-refractivity contribution in [1.82, 2.24) is 0 Å². The van der Waals surface area contributed by atoms with Gasteiger partial charge in [0.25, 0.3) is 0 Å². The van der Waals surface area contributed by atoms with Crippen LogP contribution in [0, 0.1) is 0 Å². The highest BCUT2D eigenvalue weighted by atomic mass is 15.1. The Morgan fingerprint density at radius 2 is 0.643 bits per heavy atom. The van der Waals surface area contributed by atoms with E-state index in [-0.39, 0.29) is 0 Å². The van der Waals surface area contributed by atoms with Crippen LogP contribution >= 0.6 is 0 Å². The minimum Gasteiger partial charge on any atom is -0.310 e. The second-order valence-electron chi connectivity index (χ2n) is 18.4. The molecule has 0 saturated carbocycles. The Balaban J connectivity index is 1.04. The van der Waals surface area contributed by atoms with E-state index in [0.717, 1.165) is 29.9 Å². The third-order valence-electron chi connectivity index (χ3n) is 14.3. The number of anilines is 3. The van der Waals surface area contributed by atoms with Crippen LogP contribution in [-0.4, -0.2) is 0 Å². The maximum absolute atomic E-state index is 2.48. The lowest BCUT2D eigenvalue weighted by Crippen LogP contribution is -2.28. The van der Waals surface area contributed by atoms with Crippen LogP contribution in [0.1, 0.15) is 44.5 Å². The van der Waals surface area contributed by atoms with Crippen molar-refractivity contribution in [3.05, 3.63) is 330 Å². The van der Waals surface area contributed by atoms with Gasteiger partial charge in [-0.15, -0.1) is 0 Å². The van der Waals surface area contributed by atoms with E-state index in [1.807, 2.05) is 0 Å². The highest BCUT2D eigenvalue weighted by Crippen LogP contribution is 2.57. The van der Waals surface area contributed by atoms with Crippen molar-refractivity contribution in [3.63, 3.8) is 0 Å². The van der Waals surface area contributed by atoms with E-state index in [4.69, 9.17) is 0 Å². The van der Waals surface area contributed by atoms with Gasteiger partial charge in [0.15, 0.2) is 0 Å². The van der Waals surface area contributed by atoms with Gasteiger partial charge in [-0.2, -0.15) is 0 Å². The first kappa shape index (κ1) is 42.6. The fraction of sp³-hybridized carbons (Fsp3) is 0.0435. The summed E-state index contributed by atoms with van der Waals surface area (Å²) in [5.41, 5.74) is 22.9. The fourth-order valence-electron chi connectivity index (χ4n) is 11.0.